The van der Waals surface area contributed by atoms with E-state index in [1.54, 1.807) is 14.2 Å². The molecule has 0 aliphatic heterocycles. The van der Waals surface area contributed by atoms with E-state index in [1.807, 2.05) is 61.7 Å². The van der Waals surface area contributed by atoms with Gasteiger partial charge in [0.2, 0.25) is 5.75 Å². The molecule has 0 atom stereocenters. The molecule has 0 heterocycles. The summed E-state index contributed by atoms with van der Waals surface area (Å²) in [5.74, 6) is 2.58. The van der Waals surface area contributed by atoms with Crippen LogP contribution in [-0.2, 0) is 0 Å². The number of nitrogens with one attached hydrogen (secondary N) is 1. The first-order valence-corrected chi connectivity index (χ1v) is 7.09. The molecule has 0 bridgehead atoms. The molecule has 22 heavy (non-hydrogen) atoms. The van der Waals surface area contributed by atoms with E-state index in [-0.39, 0.29) is 0 Å². The Hall–Kier alpha value is -2.46. The van der Waals surface area contributed by atoms with Gasteiger partial charge in [-0.05, 0) is 25.3 Å². The van der Waals surface area contributed by atoms with Gasteiger partial charge in [-0.15, -0.1) is 0 Å². The topological polar surface area (TPSA) is 39.7 Å². The number of ether oxygens (including phenoxy) is 3. The molecule has 0 saturated carbocycles. The first kappa shape index (κ1) is 15.9. The maximum absolute atomic E-state index is 6.12. The van der Waals surface area contributed by atoms with Gasteiger partial charge >= 0.3 is 0 Å². The van der Waals surface area contributed by atoms with Crippen molar-refractivity contribution in [2.45, 2.75) is 0 Å². The lowest BCUT2D eigenvalue weighted by atomic mass is 10.2. The molecule has 4 nitrogen and oxygen atoms in total. The van der Waals surface area contributed by atoms with Gasteiger partial charge in [-0.1, -0.05) is 36.4 Å². The third-order valence-corrected chi connectivity index (χ3v) is 3.14. The fourth-order valence-electron chi connectivity index (χ4n) is 2.04. The summed E-state index contributed by atoms with van der Waals surface area (Å²) in [6, 6.07) is 15.5. The van der Waals surface area contributed by atoms with Crippen molar-refractivity contribution in [3.05, 3.63) is 60.2 Å². The van der Waals surface area contributed by atoms with Crippen LogP contribution in [0.3, 0.4) is 0 Å². The summed E-state index contributed by atoms with van der Waals surface area (Å²) >= 11 is 0. The SMILES string of the molecule is CNC/C=C(/Oc1c(OC)cccc1OC)c1ccccc1. The van der Waals surface area contributed by atoms with Gasteiger partial charge < -0.3 is 19.5 Å². The number of para-hydroxylation sites is 1. The minimum atomic E-state index is 0.568. The summed E-state index contributed by atoms with van der Waals surface area (Å²) in [5.41, 5.74) is 0.991. The van der Waals surface area contributed by atoms with Crippen LogP contribution in [0.1, 0.15) is 5.56 Å². The van der Waals surface area contributed by atoms with Gasteiger partial charge in [-0.3, -0.25) is 0 Å². The highest BCUT2D eigenvalue weighted by molar-refractivity contribution is 5.65. The Morgan fingerprint density at radius 1 is 0.955 bits per heavy atom. The smallest absolute Gasteiger partial charge is 0.211 e. The molecule has 0 fully saturated rings. The summed E-state index contributed by atoms with van der Waals surface area (Å²) in [6.07, 6.45) is 1.99. The Labute approximate surface area is 131 Å². The first-order valence-electron chi connectivity index (χ1n) is 7.09. The van der Waals surface area contributed by atoms with Crippen molar-refractivity contribution in [3.8, 4) is 17.2 Å². The van der Waals surface area contributed by atoms with Crippen LogP contribution >= 0.6 is 0 Å². The highest BCUT2D eigenvalue weighted by Gasteiger charge is 2.14. The Balaban J connectivity index is 2.40. The number of benzene rings is 2. The summed E-state index contributed by atoms with van der Waals surface area (Å²) < 4.78 is 16.9. The maximum atomic E-state index is 6.12. The highest BCUT2D eigenvalue weighted by Crippen LogP contribution is 2.39. The van der Waals surface area contributed by atoms with Gasteiger partial charge in [0, 0.05) is 12.1 Å². The van der Waals surface area contributed by atoms with Crippen LogP contribution in [0.4, 0.5) is 0 Å². The number of rotatable bonds is 7. The van der Waals surface area contributed by atoms with Crippen molar-refractivity contribution in [3.63, 3.8) is 0 Å². The van der Waals surface area contributed by atoms with Crippen LogP contribution in [0.25, 0.3) is 5.76 Å². The second-order valence-corrected chi connectivity index (χ2v) is 4.59. The summed E-state index contributed by atoms with van der Waals surface area (Å²) in [4.78, 5) is 0. The van der Waals surface area contributed by atoms with Crippen LogP contribution in [0.5, 0.6) is 17.2 Å². The molecule has 0 saturated heterocycles. The van der Waals surface area contributed by atoms with Gasteiger partial charge in [0.25, 0.3) is 0 Å². The van der Waals surface area contributed by atoms with Gasteiger partial charge in [0.1, 0.15) is 5.76 Å². The van der Waals surface area contributed by atoms with E-state index in [9.17, 15) is 0 Å². The lowest BCUT2D eigenvalue weighted by molar-refractivity contribution is 0.353. The predicted octanol–water partition coefficient (Wildman–Crippen LogP) is 3.34. The van der Waals surface area contributed by atoms with Crippen molar-refractivity contribution in [2.75, 3.05) is 27.8 Å². The molecule has 4 heteroatoms. The summed E-state index contributed by atoms with van der Waals surface area (Å²) in [6.45, 7) is 0.696. The Kier molecular flexibility index (Phi) is 5.86. The van der Waals surface area contributed by atoms with E-state index in [2.05, 4.69) is 5.32 Å². The molecule has 0 spiro atoms. The standard InChI is InChI=1S/C18H21NO3/c1-19-13-12-15(14-8-5-4-6-9-14)22-18-16(20-2)10-7-11-17(18)21-3/h4-12,19H,13H2,1-3H3/b15-12+. The lowest BCUT2D eigenvalue weighted by Gasteiger charge is -2.16. The number of likely N-dealkylation sites (N-methyl/N-ethyl adjacent to an activating group) is 1. The second kappa shape index (κ2) is 8.10. The Bertz CT molecular complexity index is 601. The zero-order valence-electron chi connectivity index (χ0n) is 13.1. The van der Waals surface area contributed by atoms with Gasteiger partial charge in [-0.25, -0.2) is 0 Å². The van der Waals surface area contributed by atoms with E-state index < -0.39 is 0 Å². The van der Waals surface area contributed by atoms with E-state index >= 15 is 0 Å². The largest absolute Gasteiger partial charge is 0.493 e. The van der Waals surface area contributed by atoms with Gasteiger partial charge in [-0.2, -0.15) is 0 Å². The monoisotopic (exact) mass is 299 g/mol. The van der Waals surface area contributed by atoms with Crippen LogP contribution in [-0.4, -0.2) is 27.8 Å². The van der Waals surface area contributed by atoms with Crippen molar-refractivity contribution >= 4 is 5.76 Å². The third-order valence-electron chi connectivity index (χ3n) is 3.14. The predicted molar refractivity (Wildman–Crippen MR) is 88.5 cm³/mol. The zero-order valence-corrected chi connectivity index (χ0v) is 13.1. The van der Waals surface area contributed by atoms with Crippen molar-refractivity contribution in [1.82, 2.24) is 5.32 Å². The molecule has 0 aromatic heterocycles. The Morgan fingerprint density at radius 2 is 1.59 bits per heavy atom. The molecule has 0 amide bonds. The summed E-state index contributed by atoms with van der Waals surface area (Å²) in [7, 11) is 5.12. The first-order chi connectivity index (χ1) is 10.8. The average molecular weight is 299 g/mol. The van der Waals surface area contributed by atoms with Crippen molar-refractivity contribution < 1.29 is 14.2 Å². The fourth-order valence-corrected chi connectivity index (χ4v) is 2.04. The van der Waals surface area contributed by atoms with Gasteiger partial charge in [0.05, 0.1) is 14.2 Å². The molecule has 2 aromatic rings. The van der Waals surface area contributed by atoms with Crippen LogP contribution in [0.2, 0.25) is 0 Å². The van der Waals surface area contributed by atoms with E-state index in [0.717, 1.165) is 11.3 Å². The number of methoxy groups -OCH3 is 2. The lowest BCUT2D eigenvalue weighted by Crippen LogP contribution is -2.07. The third kappa shape index (κ3) is 3.80. The molecule has 2 rings (SSSR count). The van der Waals surface area contributed by atoms with E-state index in [0.29, 0.717) is 23.8 Å². The highest BCUT2D eigenvalue weighted by atomic mass is 16.5. The molecule has 0 radical (unpaired) electrons. The zero-order chi connectivity index (χ0) is 15.8. The van der Waals surface area contributed by atoms with Gasteiger partial charge in [0.15, 0.2) is 11.5 Å². The number of hydrogen-bond donors (Lipinski definition) is 1. The number of hydrogen-bond acceptors (Lipinski definition) is 4. The molecule has 0 unspecified atom stereocenters. The molecule has 116 valence electrons. The quantitative estimate of drug-likeness (QED) is 0.796. The van der Waals surface area contributed by atoms with Crippen molar-refractivity contribution in [2.24, 2.45) is 0 Å². The van der Waals surface area contributed by atoms with Crippen LogP contribution in [0, 0.1) is 0 Å². The minimum Gasteiger partial charge on any atom is -0.493 e. The average Bonchev–Trinajstić information content (AvgIpc) is 2.59. The minimum absolute atomic E-state index is 0.568. The van der Waals surface area contributed by atoms with Crippen molar-refractivity contribution in [1.29, 1.82) is 0 Å². The molecular formula is C18H21NO3. The normalized spacial score (nSPS) is 11.1. The van der Waals surface area contributed by atoms with Crippen LogP contribution < -0.4 is 19.5 Å². The maximum Gasteiger partial charge on any atom is 0.211 e. The summed E-state index contributed by atoms with van der Waals surface area (Å²) in [5, 5.41) is 3.09. The second-order valence-electron chi connectivity index (χ2n) is 4.59. The van der Waals surface area contributed by atoms with E-state index in [1.165, 1.54) is 0 Å². The molecular weight excluding hydrogens is 278 g/mol. The molecule has 0 aliphatic carbocycles. The molecule has 1 N–H and O–H groups in total. The Morgan fingerprint density at radius 3 is 2.14 bits per heavy atom. The molecule has 2 aromatic carbocycles. The van der Waals surface area contributed by atoms with Crippen LogP contribution in [0.15, 0.2) is 54.6 Å². The van der Waals surface area contributed by atoms with E-state index in [4.69, 9.17) is 14.2 Å². The fraction of sp³-hybridized carbons (Fsp3) is 0.222. The molecule has 0 aliphatic rings.